The maximum Gasteiger partial charge on any atom is 0.272 e. The lowest BCUT2D eigenvalue weighted by Gasteiger charge is -2.41. The molecule has 144 valence electrons. The number of carbonyl (C=O) groups is 2. The van der Waals surface area contributed by atoms with E-state index in [0.29, 0.717) is 31.7 Å². The highest BCUT2D eigenvalue weighted by atomic mass is 32.1. The highest BCUT2D eigenvalue weighted by Gasteiger charge is 2.33. The first kappa shape index (κ1) is 18.4. The Kier molecular flexibility index (Phi) is 5.00. The monoisotopic (exact) mass is 394 g/mol. The number of nitrogens with zero attached hydrogens (tertiary/aromatic N) is 4. The van der Waals surface area contributed by atoms with Gasteiger partial charge in [-0.15, -0.1) is 11.3 Å². The van der Waals surface area contributed by atoms with Gasteiger partial charge in [-0.2, -0.15) is 0 Å². The fourth-order valence-corrected chi connectivity index (χ4v) is 4.57. The third kappa shape index (κ3) is 3.33. The molecule has 1 atom stereocenters. The van der Waals surface area contributed by atoms with Crippen molar-refractivity contribution in [3.05, 3.63) is 71.5 Å². The first-order chi connectivity index (χ1) is 13.6. The van der Waals surface area contributed by atoms with Gasteiger partial charge in [0.05, 0.1) is 11.7 Å². The minimum absolute atomic E-state index is 0.0350. The number of rotatable bonds is 4. The molecule has 0 saturated carbocycles. The number of amides is 2. The van der Waals surface area contributed by atoms with Gasteiger partial charge in [0.2, 0.25) is 5.91 Å². The van der Waals surface area contributed by atoms with Crippen LogP contribution in [0.2, 0.25) is 0 Å². The summed E-state index contributed by atoms with van der Waals surface area (Å²) >= 11 is 1.51. The number of benzene rings is 1. The summed E-state index contributed by atoms with van der Waals surface area (Å²) in [6.45, 7) is 6.99. The molecule has 1 aliphatic heterocycles. The van der Waals surface area contributed by atoms with Crippen molar-refractivity contribution in [2.24, 2.45) is 0 Å². The maximum atomic E-state index is 13.3. The average molecular weight is 395 g/mol. The number of fused-ring (bicyclic) bond motifs is 1. The molecule has 0 radical (unpaired) electrons. The van der Waals surface area contributed by atoms with Crippen molar-refractivity contribution in [1.82, 2.24) is 19.2 Å². The zero-order valence-electron chi connectivity index (χ0n) is 15.7. The lowest BCUT2D eigenvalue weighted by Crippen LogP contribution is -2.57. The van der Waals surface area contributed by atoms with Crippen LogP contribution in [0.25, 0.3) is 4.96 Å². The predicted molar refractivity (Wildman–Crippen MR) is 110 cm³/mol. The van der Waals surface area contributed by atoms with E-state index in [-0.39, 0.29) is 17.9 Å². The van der Waals surface area contributed by atoms with Crippen LogP contribution in [-0.4, -0.2) is 56.7 Å². The van der Waals surface area contributed by atoms with Gasteiger partial charge in [-0.05, 0) is 25.0 Å². The number of hydrogen-bond acceptors (Lipinski definition) is 4. The second-order valence-corrected chi connectivity index (χ2v) is 7.80. The summed E-state index contributed by atoms with van der Waals surface area (Å²) in [5.74, 6) is -0.124. The lowest BCUT2D eigenvalue weighted by molar-refractivity contribution is -0.130. The van der Waals surface area contributed by atoms with Crippen LogP contribution in [0, 0.1) is 6.92 Å². The second kappa shape index (κ2) is 7.59. The highest BCUT2D eigenvalue weighted by Crippen LogP contribution is 2.22. The maximum absolute atomic E-state index is 13.3. The van der Waals surface area contributed by atoms with Crippen molar-refractivity contribution in [3.63, 3.8) is 0 Å². The van der Waals surface area contributed by atoms with E-state index in [1.165, 1.54) is 17.4 Å². The Labute approximate surface area is 167 Å². The van der Waals surface area contributed by atoms with Crippen LogP contribution in [0.5, 0.6) is 0 Å². The van der Waals surface area contributed by atoms with Crippen molar-refractivity contribution in [1.29, 1.82) is 0 Å². The molecule has 28 heavy (non-hydrogen) atoms. The van der Waals surface area contributed by atoms with E-state index >= 15 is 0 Å². The van der Waals surface area contributed by atoms with E-state index in [1.54, 1.807) is 0 Å². The number of aromatic nitrogens is 2. The quantitative estimate of drug-likeness (QED) is 0.640. The van der Waals surface area contributed by atoms with E-state index in [9.17, 15) is 9.59 Å². The van der Waals surface area contributed by atoms with Crippen LogP contribution in [-0.2, 0) is 11.2 Å². The molecule has 2 amide bonds. The Morgan fingerprint density at radius 3 is 2.82 bits per heavy atom. The van der Waals surface area contributed by atoms with Gasteiger partial charge in [0.1, 0.15) is 5.69 Å². The van der Waals surface area contributed by atoms with Crippen molar-refractivity contribution in [2.45, 2.75) is 19.4 Å². The van der Waals surface area contributed by atoms with Gasteiger partial charge < -0.3 is 9.80 Å². The predicted octanol–water partition coefficient (Wildman–Crippen LogP) is 2.79. The van der Waals surface area contributed by atoms with Gasteiger partial charge in [0.25, 0.3) is 5.91 Å². The summed E-state index contributed by atoms with van der Waals surface area (Å²) < 4.78 is 1.86. The number of thiazole rings is 1. The molecule has 1 aliphatic rings. The number of imidazole rings is 1. The van der Waals surface area contributed by atoms with E-state index in [1.807, 2.05) is 63.0 Å². The Morgan fingerprint density at radius 2 is 2.07 bits per heavy atom. The molecule has 3 heterocycles. The molecule has 1 fully saturated rings. The van der Waals surface area contributed by atoms with Crippen LogP contribution in [0.3, 0.4) is 0 Å². The molecule has 1 saturated heterocycles. The van der Waals surface area contributed by atoms with Crippen LogP contribution in [0.4, 0.5) is 0 Å². The summed E-state index contributed by atoms with van der Waals surface area (Å²) in [6.07, 6.45) is 3.93. The van der Waals surface area contributed by atoms with Crippen molar-refractivity contribution in [3.8, 4) is 0 Å². The molecule has 4 rings (SSSR count). The zero-order chi connectivity index (χ0) is 19.7. The number of hydrogen-bond donors (Lipinski definition) is 0. The Morgan fingerprint density at radius 1 is 1.29 bits per heavy atom. The molecule has 0 N–H and O–H groups in total. The summed E-state index contributed by atoms with van der Waals surface area (Å²) in [4.78, 5) is 34.6. The molecule has 3 aromatic rings. The van der Waals surface area contributed by atoms with Gasteiger partial charge >= 0.3 is 0 Å². The first-order valence-electron chi connectivity index (χ1n) is 9.27. The third-order valence-electron chi connectivity index (χ3n) is 5.18. The molecule has 6 nitrogen and oxygen atoms in total. The molecule has 7 heteroatoms. The Balaban J connectivity index is 1.60. The molecular formula is C21H22N4O2S. The summed E-state index contributed by atoms with van der Waals surface area (Å²) in [6, 6.07) is 9.96. The van der Waals surface area contributed by atoms with Gasteiger partial charge in [-0.3, -0.25) is 14.0 Å². The van der Waals surface area contributed by atoms with E-state index < -0.39 is 0 Å². The largest absolute Gasteiger partial charge is 0.333 e. The molecule has 1 aromatic carbocycles. The highest BCUT2D eigenvalue weighted by molar-refractivity contribution is 7.15. The van der Waals surface area contributed by atoms with Gasteiger partial charge in [-0.1, -0.05) is 36.9 Å². The van der Waals surface area contributed by atoms with Gasteiger partial charge in [0.15, 0.2) is 4.96 Å². The van der Waals surface area contributed by atoms with Crippen LogP contribution >= 0.6 is 11.3 Å². The summed E-state index contributed by atoms with van der Waals surface area (Å²) in [5.41, 5.74) is 2.49. The first-order valence-corrected chi connectivity index (χ1v) is 10.1. The van der Waals surface area contributed by atoms with Crippen LogP contribution in [0.1, 0.15) is 21.7 Å². The van der Waals surface area contributed by atoms with Crippen LogP contribution in [0.15, 0.2) is 54.6 Å². The van der Waals surface area contributed by atoms with E-state index in [4.69, 9.17) is 0 Å². The second-order valence-electron chi connectivity index (χ2n) is 6.93. The topological polar surface area (TPSA) is 57.9 Å². The van der Waals surface area contributed by atoms with Gasteiger partial charge in [-0.25, -0.2) is 4.98 Å². The molecule has 0 unspecified atom stereocenters. The molecular weight excluding hydrogens is 372 g/mol. The van der Waals surface area contributed by atoms with Crippen molar-refractivity contribution < 1.29 is 9.59 Å². The normalized spacial score (nSPS) is 17.1. The van der Waals surface area contributed by atoms with Gasteiger partial charge in [0, 0.05) is 31.2 Å². The smallest absolute Gasteiger partial charge is 0.272 e. The minimum Gasteiger partial charge on any atom is -0.333 e. The third-order valence-corrected chi connectivity index (χ3v) is 5.94. The zero-order valence-corrected chi connectivity index (χ0v) is 16.6. The lowest BCUT2D eigenvalue weighted by atomic mass is 10.0. The molecule has 0 aliphatic carbocycles. The summed E-state index contributed by atoms with van der Waals surface area (Å²) in [5, 5.41) is 1.93. The average Bonchev–Trinajstić information content (AvgIpc) is 3.27. The number of aryl methyl sites for hydroxylation is 1. The fraction of sp³-hybridized carbons (Fsp3) is 0.286. The SMILES string of the molecule is C=CC(=O)N1CCN(C(=O)c2c(C)nc3sccn23)C[C@@H]1Cc1ccccc1. The van der Waals surface area contributed by atoms with E-state index in [2.05, 4.69) is 11.6 Å². The fourth-order valence-electron chi connectivity index (χ4n) is 3.81. The Bertz CT molecular complexity index is 1020. The van der Waals surface area contributed by atoms with Crippen molar-refractivity contribution in [2.75, 3.05) is 19.6 Å². The van der Waals surface area contributed by atoms with Crippen LogP contribution < -0.4 is 0 Å². The number of carbonyl (C=O) groups excluding carboxylic acids is 2. The standard InChI is InChI=1S/C21H22N4O2S/c1-3-18(26)24-10-9-23(14-17(24)13-16-7-5-4-6-8-16)20(27)19-15(2)22-21-25(19)11-12-28-21/h3-8,11-12,17H,1,9-10,13-14H2,2H3/t17-/m0/s1. The van der Waals surface area contributed by atoms with Crippen molar-refractivity contribution >= 4 is 28.1 Å². The molecule has 0 bridgehead atoms. The Hall–Kier alpha value is -2.93. The number of piperazine rings is 1. The summed E-state index contributed by atoms with van der Waals surface area (Å²) in [7, 11) is 0. The molecule has 2 aromatic heterocycles. The molecule has 0 spiro atoms. The van der Waals surface area contributed by atoms with E-state index in [0.717, 1.165) is 16.2 Å². The minimum atomic E-state index is -0.0891.